The van der Waals surface area contributed by atoms with Crippen molar-refractivity contribution in [3.8, 4) is 11.5 Å². The molecule has 1 atom stereocenters. The number of piperazine rings is 1. The van der Waals surface area contributed by atoms with Crippen LogP contribution in [0.25, 0.3) is 0 Å². The lowest BCUT2D eigenvalue weighted by atomic mass is 9.95. The third-order valence-corrected chi connectivity index (χ3v) is 7.70. The predicted octanol–water partition coefficient (Wildman–Crippen LogP) is 4.94. The summed E-state index contributed by atoms with van der Waals surface area (Å²) in [6.07, 6.45) is 1.94. The summed E-state index contributed by atoms with van der Waals surface area (Å²) in [5, 5.41) is 3.18. The van der Waals surface area contributed by atoms with Crippen LogP contribution in [0.1, 0.15) is 17.5 Å². The number of nitrogens with zero attached hydrogens (tertiary/aromatic N) is 3. The van der Waals surface area contributed by atoms with Crippen molar-refractivity contribution in [3.05, 3.63) is 77.9 Å². The van der Waals surface area contributed by atoms with E-state index in [1.54, 1.807) is 0 Å². The molecule has 3 aromatic rings. The van der Waals surface area contributed by atoms with Gasteiger partial charge in [0.25, 0.3) is 0 Å². The molecule has 7 nitrogen and oxygen atoms in total. The van der Waals surface area contributed by atoms with Gasteiger partial charge in [0.1, 0.15) is 13.2 Å². The van der Waals surface area contributed by atoms with Gasteiger partial charge in [0, 0.05) is 44.1 Å². The minimum absolute atomic E-state index is 0.0573. The Kier molecular flexibility index (Phi) is 6.62. The van der Waals surface area contributed by atoms with E-state index in [1.165, 1.54) is 5.56 Å². The van der Waals surface area contributed by atoms with E-state index in [9.17, 15) is 4.79 Å². The zero-order chi connectivity index (χ0) is 25.2. The molecule has 0 aromatic heterocycles. The average molecular weight is 499 g/mol. The Labute approximate surface area is 218 Å². The van der Waals surface area contributed by atoms with Crippen LogP contribution < -0.4 is 24.6 Å². The lowest BCUT2D eigenvalue weighted by molar-refractivity contribution is 0.171. The molecule has 2 amide bonds. The van der Waals surface area contributed by atoms with E-state index in [1.807, 2.05) is 54.3 Å². The van der Waals surface area contributed by atoms with Gasteiger partial charge in [-0.3, -0.25) is 9.80 Å². The van der Waals surface area contributed by atoms with Crippen molar-refractivity contribution in [3.63, 3.8) is 0 Å². The molecule has 6 rings (SSSR count). The van der Waals surface area contributed by atoms with Crippen LogP contribution in [0.3, 0.4) is 0 Å². The first kappa shape index (κ1) is 23.7. The SMILES string of the molecule is Cc1ccccc1NC(=O)N1c2ccccc2CCC1CN1CCN(c2cccc3c2OCCO3)CC1. The second kappa shape index (κ2) is 10.3. The van der Waals surface area contributed by atoms with Gasteiger partial charge in [-0.2, -0.15) is 0 Å². The third kappa shape index (κ3) is 4.83. The highest BCUT2D eigenvalue weighted by Gasteiger charge is 2.33. The van der Waals surface area contributed by atoms with Gasteiger partial charge in [-0.25, -0.2) is 4.79 Å². The number of amides is 2. The van der Waals surface area contributed by atoms with Crippen LogP contribution in [0, 0.1) is 6.92 Å². The molecular weight excluding hydrogens is 464 g/mol. The number of rotatable bonds is 4. The molecule has 192 valence electrons. The van der Waals surface area contributed by atoms with Crippen molar-refractivity contribution in [2.45, 2.75) is 25.8 Å². The topological polar surface area (TPSA) is 57.3 Å². The average Bonchev–Trinajstić information content (AvgIpc) is 2.94. The summed E-state index contributed by atoms with van der Waals surface area (Å²) in [6, 6.07) is 22.5. The van der Waals surface area contributed by atoms with Crippen LogP contribution in [-0.2, 0) is 6.42 Å². The fraction of sp³-hybridized carbons (Fsp3) is 0.367. The molecular formula is C30H34N4O3. The highest BCUT2D eigenvalue weighted by molar-refractivity contribution is 6.03. The zero-order valence-corrected chi connectivity index (χ0v) is 21.4. The van der Waals surface area contributed by atoms with Crippen molar-refractivity contribution < 1.29 is 14.3 Å². The maximum Gasteiger partial charge on any atom is 0.326 e. The van der Waals surface area contributed by atoms with Gasteiger partial charge < -0.3 is 19.7 Å². The number of hydrogen-bond donors (Lipinski definition) is 1. The van der Waals surface area contributed by atoms with Crippen LogP contribution in [0.2, 0.25) is 0 Å². The van der Waals surface area contributed by atoms with Crippen LogP contribution in [-0.4, -0.2) is 62.9 Å². The maximum absolute atomic E-state index is 13.7. The van der Waals surface area contributed by atoms with Crippen molar-refractivity contribution in [1.29, 1.82) is 0 Å². The Hall–Kier alpha value is -3.71. The van der Waals surface area contributed by atoms with E-state index in [0.717, 1.165) is 79.7 Å². The van der Waals surface area contributed by atoms with Gasteiger partial charge in [-0.15, -0.1) is 0 Å². The first-order chi connectivity index (χ1) is 18.2. The molecule has 1 N–H and O–H groups in total. The summed E-state index contributed by atoms with van der Waals surface area (Å²) in [7, 11) is 0. The van der Waals surface area contributed by atoms with Crippen LogP contribution in [0.5, 0.6) is 11.5 Å². The smallest absolute Gasteiger partial charge is 0.326 e. The standard InChI is InChI=1S/C30H34N4O3/c1-22-7-2-4-9-25(22)31-30(35)34-24(14-13-23-8-3-5-10-26(23)34)21-32-15-17-33(18-16-32)27-11-6-12-28-29(27)37-20-19-36-28/h2-12,24H,13-21H2,1H3,(H,31,35). The number of urea groups is 1. The second-order valence-corrected chi connectivity index (χ2v) is 10.0. The van der Waals surface area contributed by atoms with Crippen LogP contribution >= 0.6 is 0 Å². The highest BCUT2D eigenvalue weighted by Crippen LogP contribution is 2.40. The number of carbonyl (C=O) groups excluding carboxylic acids is 1. The molecule has 0 saturated carbocycles. The molecule has 3 aliphatic rings. The molecule has 3 aliphatic heterocycles. The van der Waals surface area contributed by atoms with E-state index in [2.05, 4.69) is 39.4 Å². The first-order valence-corrected chi connectivity index (χ1v) is 13.3. The van der Waals surface area contributed by atoms with Gasteiger partial charge in [-0.1, -0.05) is 42.5 Å². The molecule has 3 aromatic carbocycles. The van der Waals surface area contributed by atoms with Crippen molar-refractivity contribution in [2.24, 2.45) is 0 Å². The highest BCUT2D eigenvalue weighted by atomic mass is 16.6. The number of carbonyl (C=O) groups is 1. The molecule has 7 heteroatoms. The lowest BCUT2D eigenvalue weighted by Gasteiger charge is -2.42. The number of nitrogens with one attached hydrogen (secondary N) is 1. The summed E-state index contributed by atoms with van der Waals surface area (Å²) in [6.45, 7) is 7.78. The zero-order valence-electron chi connectivity index (χ0n) is 21.4. The Balaban J connectivity index is 1.16. The minimum Gasteiger partial charge on any atom is -0.486 e. The fourth-order valence-corrected chi connectivity index (χ4v) is 5.72. The van der Waals surface area contributed by atoms with E-state index in [0.29, 0.717) is 13.2 Å². The number of ether oxygens (including phenoxy) is 2. The summed E-state index contributed by atoms with van der Waals surface area (Å²) < 4.78 is 11.7. The summed E-state index contributed by atoms with van der Waals surface area (Å²) >= 11 is 0. The molecule has 37 heavy (non-hydrogen) atoms. The third-order valence-electron chi connectivity index (χ3n) is 7.70. The van der Waals surface area contributed by atoms with Crippen molar-refractivity contribution >= 4 is 23.1 Å². The molecule has 1 fully saturated rings. The van der Waals surface area contributed by atoms with Gasteiger partial charge in [0.15, 0.2) is 11.5 Å². The molecule has 1 saturated heterocycles. The Morgan fingerprint density at radius 3 is 2.51 bits per heavy atom. The number of benzene rings is 3. The first-order valence-electron chi connectivity index (χ1n) is 13.3. The maximum atomic E-state index is 13.7. The summed E-state index contributed by atoms with van der Waals surface area (Å²) in [5.41, 5.74) is 5.30. The van der Waals surface area contributed by atoms with Crippen LogP contribution in [0.15, 0.2) is 66.7 Å². The molecule has 3 heterocycles. The number of hydrogen-bond acceptors (Lipinski definition) is 5. The molecule has 0 radical (unpaired) electrons. The lowest BCUT2D eigenvalue weighted by Crippen LogP contribution is -2.55. The quantitative estimate of drug-likeness (QED) is 0.552. The fourth-order valence-electron chi connectivity index (χ4n) is 5.72. The molecule has 1 unspecified atom stereocenters. The minimum atomic E-state index is -0.0573. The number of aryl methyl sites for hydroxylation is 2. The van der Waals surface area contributed by atoms with Gasteiger partial charge in [0.05, 0.1) is 11.7 Å². The number of para-hydroxylation sites is 3. The monoisotopic (exact) mass is 498 g/mol. The van der Waals surface area contributed by atoms with Crippen molar-refractivity contribution in [2.75, 3.05) is 61.1 Å². The Morgan fingerprint density at radius 1 is 0.892 bits per heavy atom. The van der Waals surface area contributed by atoms with Crippen molar-refractivity contribution in [1.82, 2.24) is 4.90 Å². The Morgan fingerprint density at radius 2 is 1.65 bits per heavy atom. The number of fused-ring (bicyclic) bond motifs is 2. The van der Waals surface area contributed by atoms with E-state index in [-0.39, 0.29) is 12.1 Å². The second-order valence-electron chi connectivity index (χ2n) is 10.0. The number of anilines is 3. The largest absolute Gasteiger partial charge is 0.486 e. The van der Waals surface area contributed by atoms with E-state index < -0.39 is 0 Å². The molecule has 0 spiro atoms. The molecule has 0 bridgehead atoms. The van der Waals surface area contributed by atoms with Crippen LogP contribution in [0.4, 0.5) is 21.9 Å². The normalized spacial score (nSPS) is 19.3. The molecule has 0 aliphatic carbocycles. The Bertz CT molecular complexity index is 1270. The summed E-state index contributed by atoms with van der Waals surface area (Å²) in [4.78, 5) is 20.6. The summed E-state index contributed by atoms with van der Waals surface area (Å²) in [5.74, 6) is 1.70. The van der Waals surface area contributed by atoms with Gasteiger partial charge in [0.2, 0.25) is 0 Å². The predicted molar refractivity (Wildman–Crippen MR) is 147 cm³/mol. The van der Waals surface area contributed by atoms with Gasteiger partial charge in [-0.05, 0) is 55.2 Å². The van der Waals surface area contributed by atoms with E-state index >= 15 is 0 Å². The van der Waals surface area contributed by atoms with E-state index in [4.69, 9.17) is 9.47 Å². The van der Waals surface area contributed by atoms with Gasteiger partial charge >= 0.3 is 6.03 Å².